The molecule has 0 radical (unpaired) electrons. The first-order valence-electron chi connectivity index (χ1n) is 8.00. The van der Waals surface area contributed by atoms with Gasteiger partial charge in [0.05, 0.1) is 44.4 Å². The molecule has 0 atom stereocenters. The number of nitrogens with zero attached hydrogens (tertiary/aromatic N) is 2. The fourth-order valence-corrected chi connectivity index (χ4v) is 2.59. The molecule has 0 aromatic heterocycles. The number of hydrogen-bond acceptors (Lipinski definition) is 2. The van der Waals surface area contributed by atoms with Crippen LogP contribution in [0.25, 0.3) is 0 Å². The van der Waals surface area contributed by atoms with Gasteiger partial charge in [-0.15, -0.1) is 24.3 Å². The average molecular weight is 322 g/mol. The Labute approximate surface area is 143 Å². The molecule has 0 amide bonds. The van der Waals surface area contributed by atoms with Crippen LogP contribution in [0.3, 0.4) is 0 Å². The van der Waals surface area contributed by atoms with Crippen molar-refractivity contribution in [2.24, 2.45) is 0 Å². The highest BCUT2D eigenvalue weighted by Gasteiger charge is 2.08. The maximum atomic E-state index is 5.81. The number of para-hydroxylation sites is 2. The van der Waals surface area contributed by atoms with E-state index < -0.39 is 0 Å². The standard InChI is InChI=1S/C20H22N2O2/c1-21-12-7-13-22(2)15-18-9-4-6-11-20(18)24-16-23-19-10-5-3-8-17(19)14-21/h3-6,8-11,14-15H,1-2,7,12-13,16H2. The van der Waals surface area contributed by atoms with Gasteiger partial charge in [0.15, 0.2) is 0 Å². The molecule has 1 aliphatic rings. The van der Waals surface area contributed by atoms with E-state index in [4.69, 9.17) is 9.47 Å². The van der Waals surface area contributed by atoms with E-state index in [2.05, 4.69) is 13.4 Å². The molecule has 0 saturated carbocycles. The van der Waals surface area contributed by atoms with Gasteiger partial charge in [0.25, 0.3) is 0 Å². The molecule has 0 aliphatic carbocycles. The van der Waals surface area contributed by atoms with Gasteiger partial charge in [-0.05, 0) is 11.1 Å². The first-order valence-corrected chi connectivity index (χ1v) is 8.00. The monoisotopic (exact) mass is 322 g/mol. The number of fused-ring (bicyclic) bond motifs is 2. The zero-order valence-corrected chi connectivity index (χ0v) is 13.7. The van der Waals surface area contributed by atoms with Gasteiger partial charge in [0, 0.05) is 0 Å². The van der Waals surface area contributed by atoms with Gasteiger partial charge in [0.1, 0.15) is 13.1 Å². The maximum Gasteiger partial charge on any atom is 0.210 e. The van der Waals surface area contributed by atoms with Crippen LogP contribution in [-0.4, -0.2) is 42.5 Å². The zero-order chi connectivity index (χ0) is 16.8. The number of benzene rings is 2. The van der Waals surface area contributed by atoms with Gasteiger partial charge in [0.2, 0.25) is 6.79 Å². The minimum atomic E-state index is 0.143. The van der Waals surface area contributed by atoms with Crippen molar-refractivity contribution in [3.63, 3.8) is 0 Å². The Morgan fingerprint density at radius 3 is 1.71 bits per heavy atom. The van der Waals surface area contributed by atoms with Gasteiger partial charge in [-0.1, -0.05) is 24.3 Å². The van der Waals surface area contributed by atoms with Gasteiger partial charge in [-0.3, -0.25) is 9.15 Å². The molecule has 0 N–H and O–H groups in total. The van der Waals surface area contributed by atoms with Crippen LogP contribution < -0.4 is 9.47 Å². The fraction of sp³-hybridized carbons (Fsp3) is 0.200. The van der Waals surface area contributed by atoms with Crippen LogP contribution in [0.2, 0.25) is 0 Å². The van der Waals surface area contributed by atoms with Crippen LogP contribution >= 0.6 is 0 Å². The third-order valence-corrected chi connectivity index (χ3v) is 3.80. The lowest BCUT2D eigenvalue weighted by Gasteiger charge is -2.20. The molecule has 0 fully saturated rings. The van der Waals surface area contributed by atoms with Crippen LogP contribution in [0, 0.1) is 13.1 Å². The highest BCUT2D eigenvalue weighted by molar-refractivity contribution is 5.39. The highest BCUT2D eigenvalue weighted by Crippen LogP contribution is 2.23. The second-order valence-corrected chi connectivity index (χ2v) is 5.72. The summed E-state index contributed by atoms with van der Waals surface area (Å²) in [5.74, 6) is 1.56. The van der Waals surface area contributed by atoms with Gasteiger partial charge in [-0.2, -0.15) is 0 Å². The summed E-state index contributed by atoms with van der Waals surface area (Å²) in [5.41, 5.74) is 1.97. The van der Waals surface area contributed by atoms with E-state index in [9.17, 15) is 0 Å². The summed E-state index contributed by atoms with van der Waals surface area (Å²) < 4.78 is 15.5. The Hall–Kier alpha value is -2.88. The Balaban J connectivity index is 1.83. The average Bonchev–Trinajstić information content (AvgIpc) is 2.57. The van der Waals surface area contributed by atoms with Gasteiger partial charge >= 0.3 is 0 Å². The van der Waals surface area contributed by atoms with E-state index in [0.717, 1.165) is 42.1 Å². The lowest BCUT2D eigenvalue weighted by atomic mass is 10.2. The third-order valence-electron chi connectivity index (χ3n) is 3.80. The van der Waals surface area contributed by atoms with Crippen LogP contribution in [0.4, 0.5) is 0 Å². The predicted octanol–water partition coefficient (Wildman–Crippen LogP) is 2.95. The molecule has 124 valence electrons. The number of hydrogen-bond donors (Lipinski definition) is 0. The fourth-order valence-electron chi connectivity index (χ4n) is 2.59. The summed E-state index contributed by atoms with van der Waals surface area (Å²) in [4.78, 5) is 0. The van der Waals surface area contributed by atoms with Gasteiger partial charge in [-0.25, -0.2) is 0 Å². The quantitative estimate of drug-likeness (QED) is 0.550. The van der Waals surface area contributed by atoms with Crippen molar-refractivity contribution < 1.29 is 18.6 Å². The Morgan fingerprint density at radius 1 is 0.750 bits per heavy atom. The van der Waals surface area contributed by atoms with Crippen molar-refractivity contribution in [2.45, 2.75) is 6.42 Å². The molecule has 0 bridgehead atoms. The molecule has 3 rings (SSSR count). The van der Waals surface area contributed by atoms with Crippen LogP contribution in [0.1, 0.15) is 17.5 Å². The number of ether oxygens (including phenoxy) is 2. The summed E-state index contributed by atoms with van der Waals surface area (Å²) in [6.07, 6.45) is 0.950. The van der Waals surface area contributed by atoms with E-state index in [-0.39, 0.29) is 6.79 Å². The molecule has 0 saturated heterocycles. The third kappa shape index (κ3) is 4.10. The molecule has 4 heteroatoms. The summed E-state index contributed by atoms with van der Waals surface area (Å²) >= 11 is 0. The van der Waals surface area contributed by atoms with Crippen LogP contribution in [-0.2, 0) is 0 Å². The van der Waals surface area contributed by atoms with E-state index in [1.54, 1.807) is 0 Å². The highest BCUT2D eigenvalue weighted by atomic mass is 16.7. The van der Waals surface area contributed by atoms with Crippen molar-refractivity contribution in [3.8, 4) is 11.5 Å². The topological polar surface area (TPSA) is 24.5 Å². The normalized spacial score (nSPS) is 15.5. The van der Waals surface area contributed by atoms with E-state index >= 15 is 0 Å². The molecule has 2 aromatic carbocycles. The minimum Gasteiger partial charge on any atom is -0.504 e. The largest absolute Gasteiger partial charge is 0.504 e. The van der Waals surface area contributed by atoms with Crippen molar-refractivity contribution >= 4 is 13.4 Å². The van der Waals surface area contributed by atoms with E-state index in [0.29, 0.717) is 0 Å². The molecule has 0 spiro atoms. The lowest BCUT2D eigenvalue weighted by Crippen LogP contribution is -2.17. The smallest absolute Gasteiger partial charge is 0.210 e. The first kappa shape index (κ1) is 16.0. The summed E-state index contributed by atoms with van der Waals surface area (Å²) in [6, 6.07) is 15.8. The first-order chi connectivity index (χ1) is 11.7. The molecule has 1 heterocycles. The molecule has 1 aliphatic heterocycles. The Kier molecular flexibility index (Phi) is 5.06. The second-order valence-electron chi connectivity index (χ2n) is 5.72. The SMILES string of the molecule is C=[N+]1[CH-]c2ccccc2OCOc2ccccc2[CH-][N+](=C)CCC1. The molecule has 2 aromatic rings. The summed E-state index contributed by atoms with van der Waals surface area (Å²) in [6.45, 7) is 13.9. The zero-order valence-electron chi connectivity index (χ0n) is 13.7. The second kappa shape index (κ2) is 7.59. The molecular formula is C20H22N2O2. The minimum absolute atomic E-state index is 0.143. The summed E-state index contributed by atoms with van der Waals surface area (Å²) in [7, 11) is 0. The van der Waals surface area contributed by atoms with E-state index in [1.807, 2.05) is 70.8 Å². The molecule has 0 unspecified atom stereocenters. The van der Waals surface area contributed by atoms with Crippen molar-refractivity contribution in [2.75, 3.05) is 19.9 Å². The maximum absolute atomic E-state index is 5.81. The van der Waals surface area contributed by atoms with E-state index in [1.165, 1.54) is 0 Å². The summed E-state index contributed by atoms with van der Waals surface area (Å²) in [5, 5.41) is 0. The van der Waals surface area contributed by atoms with Crippen LogP contribution in [0.5, 0.6) is 11.5 Å². The Bertz CT molecular complexity index is 678. The van der Waals surface area contributed by atoms with Gasteiger partial charge < -0.3 is 9.47 Å². The lowest BCUT2D eigenvalue weighted by molar-refractivity contribution is -0.504. The van der Waals surface area contributed by atoms with Crippen LogP contribution in [0.15, 0.2) is 48.5 Å². The predicted molar refractivity (Wildman–Crippen MR) is 94.9 cm³/mol. The van der Waals surface area contributed by atoms with Crippen molar-refractivity contribution in [1.82, 2.24) is 0 Å². The number of rotatable bonds is 0. The van der Waals surface area contributed by atoms with Crippen molar-refractivity contribution in [3.05, 3.63) is 72.7 Å². The molecule has 24 heavy (non-hydrogen) atoms. The molecular weight excluding hydrogens is 300 g/mol. The van der Waals surface area contributed by atoms with Crippen molar-refractivity contribution in [1.29, 1.82) is 0 Å². The molecule has 4 nitrogen and oxygen atoms in total. The Morgan fingerprint density at radius 2 is 1.21 bits per heavy atom.